The van der Waals surface area contributed by atoms with Crippen LogP contribution in [0.1, 0.15) is 26.7 Å². The summed E-state index contributed by atoms with van der Waals surface area (Å²) in [5.41, 5.74) is 0. The molecule has 1 aliphatic rings. The van der Waals surface area contributed by atoms with Gasteiger partial charge in [-0.25, -0.2) is 17.6 Å². The Balaban J connectivity index is 2.49. The molecule has 116 valence electrons. The van der Waals surface area contributed by atoms with Gasteiger partial charge >= 0.3 is 6.03 Å². The Morgan fingerprint density at radius 3 is 2.70 bits per heavy atom. The Morgan fingerprint density at radius 2 is 2.20 bits per heavy atom. The number of piperidine rings is 1. The molecule has 1 N–H and O–H groups in total. The second kappa shape index (κ2) is 7.06. The number of urea groups is 1. The fourth-order valence-electron chi connectivity index (χ4n) is 2.19. The van der Waals surface area contributed by atoms with E-state index < -0.39 is 22.1 Å². The molecule has 1 rings (SSSR count). The molecule has 0 aromatic carbocycles. The molecule has 7 heteroatoms. The first-order valence-electron chi connectivity index (χ1n) is 6.80. The summed E-state index contributed by atoms with van der Waals surface area (Å²) in [5, 5.41) is 3.70. The normalized spacial score (nSPS) is 25.7. The van der Waals surface area contributed by atoms with E-state index in [1.54, 1.807) is 6.92 Å². The summed E-state index contributed by atoms with van der Waals surface area (Å²) in [6.45, 7) is 4.26. The van der Waals surface area contributed by atoms with Crippen molar-refractivity contribution in [3.8, 4) is 0 Å². The molecule has 0 aromatic heterocycles. The third-order valence-corrected chi connectivity index (χ3v) is 4.10. The molecule has 20 heavy (non-hydrogen) atoms. The van der Waals surface area contributed by atoms with E-state index in [4.69, 9.17) is 0 Å². The number of halogens is 1. The molecule has 0 aromatic rings. The number of sulfone groups is 1. The van der Waals surface area contributed by atoms with E-state index in [2.05, 4.69) is 5.32 Å². The molecule has 3 atom stereocenters. The first-order chi connectivity index (χ1) is 9.23. The van der Waals surface area contributed by atoms with E-state index in [1.165, 1.54) is 11.0 Å². The largest absolute Gasteiger partial charge is 0.332 e. The van der Waals surface area contributed by atoms with Crippen molar-refractivity contribution < 1.29 is 17.6 Å². The summed E-state index contributed by atoms with van der Waals surface area (Å²) in [5.74, 6) is 0.0293. The van der Waals surface area contributed by atoms with Gasteiger partial charge in [0.05, 0.1) is 6.54 Å². The van der Waals surface area contributed by atoms with Crippen molar-refractivity contribution in [2.24, 2.45) is 5.92 Å². The van der Waals surface area contributed by atoms with Crippen molar-refractivity contribution in [1.29, 1.82) is 0 Å². The standard InChI is InChI=1S/C13H23FN2O3S/c1-4-11-5-7-16(9-12(11)14)13(17)15-10(2)6-8-20(3,18)19/h6,8,10-12H,4-5,7,9H2,1-3H3,(H,15,17)/b8-6+/t10-,11+,12+/m0/s1. The maximum Gasteiger partial charge on any atom is 0.317 e. The van der Waals surface area contributed by atoms with Crippen LogP contribution in [0.5, 0.6) is 0 Å². The summed E-state index contributed by atoms with van der Waals surface area (Å²) >= 11 is 0. The smallest absolute Gasteiger partial charge is 0.317 e. The van der Waals surface area contributed by atoms with Gasteiger partial charge < -0.3 is 10.2 Å². The number of carbonyl (C=O) groups excluding carboxylic acids is 1. The van der Waals surface area contributed by atoms with Crippen LogP contribution >= 0.6 is 0 Å². The van der Waals surface area contributed by atoms with Crippen LogP contribution in [0, 0.1) is 5.92 Å². The van der Waals surface area contributed by atoms with Crippen LogP contribution in [-0.2, 0) is 9.84 Å². The average molecular weight is 306 g/mol. The van der Waals surface area contributed by atoms with E-state index in [-0.39, 0.29) is 18.5 Å². The number of likely N-dealkylation sites (tertiary alicyclic amines) is 1. The second-order valence-electron chi connectivity index (χ2n) is 5.32. The summed E-state index contributed by atoms with van der Waals surface area (Å²) in [6.07, 6.45) is 2.95. The maximum atomic E-state index is 13.8. The molecule has 0 bridgehead atoms. The molecule has 1 heterocycles. The Labute approximate surface area is 120 Å². The number of carbonyl (C=O) groups is 1. The zero-order chi connectivity index (χ0) is 15.3. The molecule has 0 aliphatic carbocycles. The van der Waals surface area contributed by atoms with Gasteiger partial charge in [0, 0.05) is 24.3 Å². The van der Waals surface area contributed by atoms with Gasteiger partial charge in [-0.1, -0.05) is 19.4 Å². The number of alkyl halides is 1. The third kappa shape index (κ3) is 5.48. The minimum atomic E-state index is -3.20. The number of hydrogen-bond donors (Lipinski definition) is 1. The molecule has 0 saturated carbocycles. The van der Waals surface area contributed by atoms with Gasteiger partial charge in [-0.2, -0.15) is 0 Å². The summed E-state index contributed by atoms with van der Waals surface area (Å²) in [7, 11) is -3.20. The quantitative estimate of drug-likeness (QED) is 0.860. The molecule has 1 fully saturated rings. The predicted molar refractivity (Wildman–Crippen MR) is 76.8 cm³/mol. The van der Waals surface area contributed by atoms with Gasteiger partial charge in [-0.3, -0.25) is 0 Å². The average Bonchev–Trinajstić information content (AvgIpc) is 2.35. The van der Waals surface area contributed by atoms with Gasteiger partial charge in [0.2, 0.25) is 0 Å². The van der Waals surface area contributed by atoms with Gasteiger partial charge in [-0.15, -0.1) is 0 Å². The number of nitrogens with one attached hydrogen (secondary N) is 1. The zero-order valence-corrected chi connectivity index (χ0v) is 13.0. The molecule has 0 spiro atoms. The molecule has 2 amide bonds. The third-order valence-electron chi connectivity index (χ3n) is 3.45. The zero-order valence-electron chi connectivity index (χ0n) is 12.2. The highest BCUT2D eigenvalue weighted by atomic mass is 32.2. The van der Waals surface area contributed by atoms with Gasteiger partial charge in [0.25, 0.3) is 0 Å². The molecule has 1 aliphatic heterocycles. The fourth-order valence-corrected chi connectivity index (χ4v) is 2.71. The fraction of sp³-hybridized carbons (Fsp3) is 0.769. The van der Waals surface area contributed by atoms with Crippen LogP contribution in [-0.4, -0.2) is 50.9 Å². The Kier molecular flexibility index (Phi) is 5.98. The highest BCUT2D eigenvalue weighted by molar-refractivity contribution is 7.93. The van der Waals surface area contributed by atoms with Crippen LogP contribution in [0.25, 0.3) is 0 Å². The van der Waals surface area contributed by atoms with Crippen LogP contribution in [0.2, 0.25) is 0 Å². The van der Waals surface area contributed by atoms with Crippen molar-refractivity contribution in [3.05, 3.63) is 11.5 Å². The molecule has 1 saturated heterocycles. The van der Waals surface area contributed by atoms with Crippen LogP contribution < -0.4 is 5.32 Å². The summed E-state index contributed by atoms with van der Waals surface area (Å²) < 4.78 is 35.7. The Morgan fingerprint density at radius 1 is 1.55 bits per heavy atom. The molecule has 5 nitrogen and oxygen atoms in total. The van der Waals surface area contributed by atoms with Crippen molar-refractivity contribution in [2.45, 2.75) is 38.9 Å². The van der Waals surface area contributed by atoms with Crippen molar-refractivity contribution in [1.82, 2.24) is 10.2 Å². The second-order valence-corrected chi connectivity index (χ2v) is 7.25. The number of amides is 2. The number of nitrogens with zero attached hydrogens (tertiary/aromatic N) is 1. The van der Waals surface area contributed by atoms with Crippen LogP contribution in [0.3, 0.4) is 0 Å². The number of hydrogen-bond acceptors (Lipinski definition) is 3. The lowest BCUT2D eigenvalue weighted by Crippen LogP contribution is -2.50. The molecule has 0 unspecified atom stereocenters. The van der Waals surface area contributed by atoms with Gasteiger partial charge in [-0.05, 0) is 19.3 Å². The minimum absolute atomic E-state index is 0.0293. The van der Waals surface area contributed by atoms with E-state index in [0.717, 1.165) is 18.1 Å². The SMILES string of the molecule is CC[C@@H]1CCN(C(=O)N[C@@H](C)/C=C/S(C)(=O)=O)C[C@H]1F. The topological polar surface area (TPSA) is 66.5 Å². The Bertz CT molecular complexity index is 464. The minimum Gasteiger partial charge on any atom is -0.332 e. The van der Waals surface area contributed by atoms with Gasteiger partial charge in [0.1, 0.15) is 6.17 Å². The van der Waals surface area contributed by atoms with Gasteiger partial charge in [0.15, 0.2) is 9.84 Å². The van der Waals surface area contributed by atoms with Crippen LogP contribution in [0.15, 0.2) is 11.5 Å². The maximum absolute atomic E-state index is 13.8. The first kappa shape index (κ1) is 16.9. The number of rotatable bonds is 4. The first-order valence-corrected chi connectivity index (χ1v) is 8.76. The molecule has 0 radical (unpaired) electrons. The van der Waals surface area contributed by atoms with E-state index in [1.807, 2.05) is 6.92 Å². The lowest BCUT2D eigenvalue weighted by atomic mass is 9.93. The summed E-state index contributed by atoms with van der Waals surface area (Å²) in [4.78, 5) is 13.4. The molecular weight excluding hydrogens is 283 g/mol. The lowest BCUT2D eigenvalue weighted by molar-refractivity contribution is 0.0971. The van der Waals surface area contributed by atoms with E-state index in [9.17, 15) is 17.6 Å². The van der Waals surface area contributed by atoms with Crippen LogP contribution in [0.4, 0.5) is 9.18 Å². The van der Waals surface area contributed by atoms with Crippen molar-refractivity contribution in [3.63, 3.8) is 0 Å². The van der Waals surface area contributed by atoms with Crippen molar-refractivity contribution in [2.75, 3.05) is 19.3 Å². The van der Waals surface area contributed by atoms with Crippen molar-refractivity contribution >= 4 is 15.9 Å². The highest BCUT2D eigenvalue weighted by Gasteiger charge is 2.30. The predicted octanol–water partition coefficient (Wildman–Crippen LogP) is 1.71. The van der Waals surface area contributed by atoms with E-state index >= 15 is 0 Å². The highest BCUT2D eigenvalue weighted by Crippen LogP contribution is 2.23. The van der Waals surface area contributed by atoms with E-state index in [0.29, 0.717) is 13.0 Å². The molecular formula is C13H23FN2O3S. The Hall–Kier alpha value is -1.11. The lowest BCUT2D eigenvalue weighted by Gasteiger charge is -2.34. The monoisotopic (exact) mass is 306 g/mol. The summed E-state index contributed by atoms with van der Waals surface area (Å²) in [6, 6.07) is -0.771.